The molecule has 0 fully saturated rings. The lowest BCUT2D eigenvalue weighted by Crippen LogP contribution is -2.33. The topological polar surface area (TPSA) is 77.6 Å². The third kappa shape index (κ3) is 4.11. The normalized spacial score (nSPS) is 12.0. The minimum atomic E-state index is -0.380. The smallest absolute Gasteiger partial charge is 0.292 e. The zero-order chi connectivity index (χ0) is 19.4. The molecule has 2 aromatic rings. The summed E-state index contributed by atoms with van der Waals surface area (Å²) in [5.41, 5.74) is 2.79. The molecule has 1 atom stereocenters. The first-order valence-electron chi connectivity index (χ1n) is 8.53. The highest BCUT2D eigenvalue weighted by atomic mass is 16.6. The molecule has 140 valence electrons. The first-order valence-corrected chi connectivity index (χ1v) is 8.53. The highest BCUT2D eigenvalue weighted by Crippen LogP contribution is 2.33. The summed E-state index contributed by atoms with van der Waals surface area (Å²) in [6.07, 6.45) is 1.74. The van der Waals surface area contributed by atoms with Gasteiger partial charge in [-0.15, -0.1) is 0 Å². The van der Waals surface area contributed by atoms with Crippen LogP contribution >= 0.6 is 0 Å². The molecule has 0 bridgehead atoms. The average molecular weight is 359 g/mol. The van der Waals surface area contributed by atoms with E-state index >= 15 is 0 Å². The standard InChI is InChI=1S/C19H25N3O4/c1-6-26-12-14(3)21(5)18-10-15(7-8-17(18)22(24)25)16-9-13(2)19(23)20(4)11-16/h7-11,14H,6,12H2,1-5H3/t14-/m0/s1. The molecule has 2 rings (SSSR count). The zero-order valence-corrected chi connectivity index (χ0v) is 15.9. The molecule has 1 aromatic heterocycles. The molecule has 0 amide bonds. The Morgan fingerprint density at radius 1 is 1.31 bits per heavy atom. The van der Waals surface area contributed by atoms with Crippen molar-refractivity contribution in [3.8, 4) is 11.1 Å². The second kappa shape index (κ2) is 8.14. The molecule has 0 aliphatic carbocycles. The van der Waals surface area contributed by atoms with Crippen molar-refractivity contribution in [2.75, 3.05) is 25.2 Å². The Hall–Kier alpha value is -2.67. The van der Waals surface area contributed by atoms with Gasteiger partial charge < -0.3 is 14.2 Å². The van der Waals surface area contributed by atoms with E-state index < -0.39 is 0 Å². The van der Waals surface area contributed by atoms with Crippen LogP contribution in [-0.2, 0) is 11.8 Å². The lowest BCUT2D eigenvalue weighted by atomic mass is 10.0. The molecule has 0 N–H and O–H groups in total. The lowest BCUT2D eigenvalue weighted by Gasteiger charge is -2.27. The first kappa shape index (κ1) is 19.7. The number of nitrogens with zero attached hydrogens (tertiary/aromatic N) is 3. The summed E-state index contributed by atoms with van der Waals surface area (Å²) in [5.74, 6) is 0. The fourth-order valence-electron chi connectivity index (χ4n) is 2.81. The summed E-state index contributed by atoms with van der Waals surface area (Å²) in [6, 6.07) is 6.79. The molecule has 26 heavy (non-hydrogen) atoms. The van der Waals surface area contributed by atoms with E-state index in [-0.39, 0.29) is 22.2 Å². The van der Waals surface area contributed by atoms with Gasteiger partial charge >= 0.3 is 0 Å². The Kier molecular flexibility index (Phi) is 6.15. The van der Waals surface area contributed by atoms with E-state index in [1.54, 1.807) is 38.4 Å². The van der Waals surface area contributed by atoms with Gasteiger partial charge in [0.25, 0.3) is 11.2 Å². The Labute approximate surface area is 153 Å². The maximum Gasteiger partial charge on any atom is 0.292 e. The molecule has 0 saturated carbocycles. The van der Waals surface area contributed by atoms with Crippen LogP contribution in [0.1, 0.15) is 19.4 Å². The second-order valence-corrected chi connectivity index (χ2v) is 6.41. The number of aromatic nitrogens is 1. The Morgan fingerprint density at radius 3 is 2.58 bits per heavy atom. The fourth-order valence-corrected chi connectivity index (χ4v) is 2.81. The number of hydrogen-bond donors (Lipinski definition) is 0. The minimum Gasteiger partial charge on any atom is -0.380 e. The van der Waals surface area contributed by atoms with Crippen molar-refractivity contribution in [3.05, 3.63) is 56.5 Å². The van der Waals surface area contributed by atoms with E-state index in [0.717, 1.165) is 11.1 Å². The van der Waals surface area contributed by atoms with Crippen LogP contribution in [0, 0.1) is 17.0 Å². The largest absolute Gasteiger partial charge is 0.380 e. The highest BCUT2D eigenvalue weighted by Gasteiger charge is 2.21. The summed E-state index contributed by atoms with van der Waals surface area (Å²) >= 11 is 0. The van der Waals surface area contributed by atoms with Crippen molar-refractivity contribution in [1.82, 2.24) is 4.57 Å². The van der Waals surface area contributed by atoms with Crippen LogP contribution in [-0.4, -0.2) is 35.8 Å². The van der Waals surface area contributed by atoms with Gasteiger partial charge in [-0.25, -0.2) is 0 Å². The average Bonchev–Trinajstić information content (AvgIpc) is 2.62. The number of anilines is 1. The maximum atomic E-state index is 11.9. The number of nitro benzene ring substituents is 1. The number of rotatable bonds is 7. The summed E-state index contributed by atoms with van der Waals surface area (Å²) in [5, 5.41) is 11.5. The van der Waals surface area contributed by atoms with Crippen molar-refractivity contribution in [2.24, 2.45) is 7.05 Å². The van der Waals surface area contributed by atoms with Crippen LogP contribution in [0.4, 0.5) is 11.4 Å². The third-order valence-corrected chi connectivity index (χ3v) is 4.47. The highest BCUT2D eigenvalue weighted by molar-refractivity contribution is 5.74. The van der Waals surface area contributed by atoms with E-state index in [1.807, 2.05) is 25.8 Å². The molecule has 1 heterocycles. The van der Waals surface area contributed by atoms with Crippen LogP contribution in [0.2, 0.25) is 0 Å². The van der Waals surface area contributed by atoms with Crippen LogP contribution < -0.4 is 10.5 Å². The maximum absolute atomic E-state index is 11.9. The van der Waals surface area contributed by atoms with Crippen LogP contribution in [0.3, 0.4) is 0 Å². The van der Waals surface area contributed by atoms with Crippen LogP contribution in [0.5, 0.6) is 0 Å². The van der Waals surface area contributed by atoms with Crippen molar-refractivity contribution in [1.29, 1.82) is 0 Å². The number of aryl methyl sites for hydroxylation is 2. The van der Waals surface area contributed by atoms with E-state index in [9.17, 15) is 14.9 Å². The van der Waals surface area contributed by atoms with Gasteiger partial charge in [0.1, 0.15) is 5.69 Å². The second-order valence-electron chi connectivity index (χ2n) is 6.41. The minimum absolute atomic E-state index is 0.0224. The molecular weight excluding hydrogens is 334 g/mol. The van der Waals surface area contributed by atoms with Gasteiger partial charge in [-0.05, 0) is 50.1 Å². The Morgan fingerprint density at radius 2 is 2.00 bits per heavy atom. The molecule has 0 saturated heterocycles. The van der Waals surface area contributed by atoms with Gasteiger partial charge in [0.05, 0.1) is 11.5 Å². The van der Waals surface area contributed by atoms with Gasteiger partial charge in [-0.1, -0.05) is 0 Å². The zero-order valence-electron chi connectivity index (χ0n) is 15.9. The van der Waals surface area contributed by atoms with Gasteiger partial charge in [0.2, 0.25) is 0 Å². The number of benzene rings is 1. The van der Waals surface area contributed by atoms with Gasteiger partial charge in [0, 0.05) is 44.6 Å². The molecule has 0 aliphatic heterocycles. The van der Waals surface area contributed by atoms with E-state index in [2.05, 4.69) is 0 Å². The molecule has 0 spiro atoms. The first-order chi connectivity index (χ1) is 12.3. The predicted molar refractivity (Wildman–Crippen MR) is 103 cm³/mol. The predicted octanol–water partition coefficient (Wildman–Crippen LogP) is 3.13. The molecule has 7 nitrogen and oxygen atoms in total. The number of likely N-dealkylation sites (N-methyl/N-ethyl adjacent to an activating group) is 1. The van der Waals surface area contributed by atoms with Crippen molar-refractivity contribution in [3.63, 3.8) is 0 Å². The summed E-state index contributed by atoms with van der Waals surface area (Å²) < 4.78 is 6.97. The summed E-state index contributed by atoms with van der Waals surface area (Å²) in [4.78, 5) is 24.9. The van der Waals surface area contributed by atoms with Crippen LogP contribution in [0.15, 0.2) is 35.3 Å². The number of ether oxygens (including phenoxy) is 1. The summed E-state index contributed by atoms with van der Waals surface area (Å²) in [7, 11) is 3.52. The molecule has 0 aliphatic rings. The van der Waals surface area contributed by atoms with Gasteiger partial charge in [-0.2, -0.15) is 0 Å². The summed E-state index contributed by atoms with van der Waals surface area (Å²) in [6.45, 7) is 6.71. The van der Waals surface area contributed by atoms with Gasteiger partial charge in [0.15, 0.2) is 0 Å². The van der Waals surface area contributed by atoms with Crippen molar-refractivity contribution >= 4 is 11.4 Å². The van der Waals surface area contributed by atoms with E-state index in [0.29, 0.717) is 24.5 Å². The SMILES string of the molecule is CCOC[C@H](C)N(C)c1cc(-c2cc(C)c(=O)n(C)c2)ccc1[N+](=O)[O-]. The van der Waals surface area contributed by atoms with Crippen molar-refractivity contribution in [2.45, 2.75) is 26.8 Å². The monoisotopic (exact) mass is 359 g/mol. The number of hydrogen-bond acceptors (Lipinski definition) is 5. The lowest BCUT2D eigenvalue weighted by molar-refractivity contribution is -0.384. The number of nitro groups is 1. The van der Waals surface area contributed by atoms with Crippen molar-refractivity contribution < 1.29 is 9.66 Å². The van der Waals surface area contributed by atoms with E-state index in [1.165, 1.54) is 10.6 Å². The molecule has 0 unspecified atom stereocenters. The quantitative estimate of drug-likeness (QED) is 0.561. The molecule has 1 aromatic carbocycles. The Bertz CT molecular complexity index is 834. The fraction of sp³-hybridized carbons (Fsp3) is 0.421. The number of pyridine rings is 1. The molecular formula is C19H25N3O4. The molecule has 0 radical (unpaired) electrons. The van der Waals surface area contributed by atoms with Crippen LogP contribution in [0.25, 0.3) is 11.1 Å². The Balaban J connectivity index is 2.52. The van der Waals surface area contributed by atoms with E-state index in [4.69, 9.17) is 4.74 Å². The van der Waals surface area contributed by atoms with Gasteiger partial charge in [-0.3, -0.25) is 14.9 Å². The third-order valence-electron chi connectivity index (χ3n) is 4.47. The molecule has 7 heteroatoms.